The average Bonchev–Trinajstić information content (AvgIpc) is 3.00. The third-order valence-corrected chi connectivity index (χ3v) is 3.20. The molecular formula is C12H12ClN5. The number of halogens is 1. The Labute approximate surface area is 109 Å². The summed E-state index contributed by atoms with van der Waals surface area (Å²) in [7, 11) is 0. The van der Waals surface area contributed by atoms with Crippen LogP contribution in [0.4, 0.5) is 0 Å². The number of H-pyrrole nitrogens is 2. The summed E-state index contributed by atoms with van der Waals surface area (Å²) in [5.41, 5.74) is 2.04. The van der Waals surface area contributed by atoms with Crippen LogP contribution >= 0.6 is 11.6 Å². The summed E-state index contributed by atoms with van der Waals surface area (Å²) in [6.45, 7) is 1.29. The van der Waals surface area contributed by atoms with Crippen LogP contribution in [0.5, 0.6) is 0 Å². The fourth-order valence-electron chi connectivity index (χ4n) is 1.91. The maximum atomic E-state index is 6.31. The highest BCUT2D eigenvalue weighted by atomic mass is 35.5. The summed E-state index contributed by atoms with van der Waals surface area (Å²) in [6.07, 6.45) is 1.49. The van der Waals surface area contributed by atoms with Gasteiger partial charge < -0.3 is 10.3 Å². The Morgan fingerprint density at radius 2 is 2.11 bits per heavy atom. The normalized spacial score (nSPS) is 11.2. The van der Waals surface area contributed by atoms with Crippen molar-refractivity contribution < 1.29 is 0 Å². The monoisotopic (exact) mass is 261 g/mol. The number of para-hydroxylation sites is 1. The molecule has 0 saturated carbocycles. The Hall–Kier alpha value is -1.85. The van der Waals surface area contributed by atoms with E-state index in [0.717, 1.165) is 27.4 Å². The zero-order valence-corrected chi connectivity index (χ0v) is 10.3. The first-order valence-corrected chi connectivity index (χ1v) is 6.02. The molecule has 6 heteroatoms. The molecule has 5 nitrogen and oxygen atoms in total. The Bertz CT molecular complexity index is 644. The van der Waals surface area contributed by atoms with Crippen molar-refractivity contribution in [1.29, 1.82) is 0 Å². The van der Waals surface area contributed by atoms with Crippen LogP contribution in [0.2, 0.25) is 5.02 Å². The first-order chi connectivity index (χ1) is 8.84. The van der Waals surface area contributed by atoms with Crippen molar-refractivity contribution in [2.75, 3.05) is 0 Å². The lowest BCUT2D eigenvalue weighted by atomic mass is 10.2. The molecular weight excluding hydrogens is 250 g/mol. The van der Waals surface area contributed by atoms with Gasteiger partial charge in [0.2, 0.25) is 0 Å². The second-order valence-corrected chi connectivity index (χ2v) is 4.38. The maximum absolute atomic E-state index is 6.31. The minimum Gasteiger partial charge on any atom is -0.356 e. The van der Waals surface area contributed by atoms with Gasteiger partial charge in [0.05, 0.1) is 11.6 Å². The first-order valence-electron chi connectivity index (χ1n) is 5.64. The predicted octanol–water partition coefficient (Wildman–Crippen LogP) is 2.23. The molecule has 0 atom stereocenters. The summed E-state index contributed by atoms with van der Waals surface area (Å²) >= 11 is 6.31. The highest BCUT2D eigenvalue weighted by molar-refractivity contribution is 6.36. The van der Waals surface area contributed by atoms with E-state index in [2.05, 4.69) is 25.5 Å². The Morgan fingerprint density at radius 3 is 2.89 bits per heavy atom. The van der Waals surface area contributed by atoms with Gasteiger partial charge >= 0.3 is 0 Å². The van der Waals surface area contributed by atoms with Crippen LogP contribution in [0.15, 0.2) is 30.6 Å². The molecule has 0 unspecified atom stereocenters. The number of hydrogen-bond acceptors (Lipinski definition) is 3. The van der Waals surface area contributed by atoms with Crippen LogP contribution in [-0.2, 0) is 13.1 Å². The van der Waals surface area contributed by atoms with Crippen molar-refractivity contribution in [3.05, 3.63) is 47.1 Å². The number of nitrogens with one attached hydrogen (secondary N) is 3. The number of rotatable bonds is 4. The molecule has 0 aliphatic rings. The molecule has 0 spiro atoms. The molecule has 3 aromatic rings. The molecule has 2 heterocycles. The van der Waals surface area contributed by atoms with Gasteiger partial charge in [-0.25, -0.2) is 4.98 Å². The van der Waals surface area contributed by atoms with E-state index in [-0.39, 0.29) is 0 Å². The fraction of sp³-hybridized carbons (Fsp3) is 0.167. The first kappa shape index (κ1) is 11.3. The molecule has 0 aliphatic heterocycles. The summed E-state index contributed by atoms with van der Waals surface area (Å²) in [6, 6.07) is 7.99. The number of hydrogen-bond donors (Lipinski definition) is 3. The van der Waals surface area contributed by atoms with E-state index in [4.69, 9.17) is 11.6 Å². The second kappa shape index (κ2) is 4.80. The van der Waals surface area contributed by atoms with Gasteiger partial charge in [-0.05, 0) is 6.07 Å². The van der Waals surface area contributed by atoms with E-state index in [1.165, 1.54) is 6.33 Å². The molecule has 0 bridgehead atoms. The van der Waals surface area contributed by atoms with Crippen molar-refractivity contribution >= 4 is 22.5 Å². The molecule has 2 aromatic heterocycles. The summed E-state index contributed by atoms with van der Waals surface area (Å²) in [4.78, 5) is 7.34. The van der Waals surface area contributed by atoms with Crippen molar-refractivity contribution in [3.8, 4) is 0 Å². The molecule has 0 aliphatic carbocycles. The van der Waals surface area contributed by atoms with Crippen molar-refractivity contribution in [2.45, 2.75) is 13.1 Å². The maximum Gasteiger partial charge on any atom is 0.138 e. The zero-order chi connectivity index (χ0) is 12.4. The van der Waals surface area contributed by atoms with Crippen LogP contribution in [0.3, 0.4) is 0 Å². The molecule has 18 heavy (non-hydrogen) atoms. The summed E-state index contributed by atoms with van der Waals surface area (Å²) in [5, 5.41) is 11.7. The van der Waals surface area contributed by atoms with Gasteiger partial charge in [-0.1, -0.05) is 29.8 Å². The third kappa shape index (κ3) is 2.10. The molecule has 3 N–H and O–H groups in total. The smallest absolute Gasteiger partial charge is 0.138 e. The number of aromatic amines is 2. The van der Waals surface area contributed by atoms with Crippen molar-refractivity contribution in [1.82, 2.24) is 25.5 Å². The lowest BCUT2D eigenvalue weighted by Crippen LogP contribution is -2.14. The van der Waals surface area contributed by atoms with Gasteiger partial charge in [0, 0.05) is 23.1 Å². The Balaban J connectivity index is 1.73. The van der Waals surface area contributed by atoms with E-state index in [1.54, 1.807) is 0 Å². The lowest BCUT2D eigenvalue weighted by Gasteiger charge is -2.00. The minimum atomic E-state index is 0.631. The molecule has 0 radical (unpaired) electrons. The third-order valence-electron chi connectivity index (χ3n) is 2.77. The standard InChI is InChI=1S/C12H12ClN5/c13-12-8-3-1-2-4-9(8)17-10(12)5-14-6-11-15-7-16-18-11/h1-4,7,14,17H,5-6H2,(H,15,16,18). The van der Waals surface area contributed by atoms with E-state index < -0.39 is 0 Å². The quantitative estimate of drug-likeness (QED) is 0.675. The predicted molar refractivity (Wildman–Crippen MR) is 70.2 cm³/mol. The molecule has 3 rings (SSSR count). The van der Waals surface area contributed by atoms with E-state index >= 15 is 0 Å². The molecule has 0 amide bonds. The van der Waals surface area contributed by atoms with Gasteiger partial charge in [-0.3, -0.25) is 5.10 Å². The second-order valence-electron chi connectivity index (χ2n) is 4.00. The highest BCUT2D eigenvalue weighted by Crippen LogP contribution is 2.26. The van der Waals surface area contributed by atoms with Gasteiger partial charge in [-0.2, -0.15) is 5.10 Å². The minimum absolute atomic E-state index is 0.631. The van der Waals surface area contributed by atoms with Gasteiger partial charge in [0.1, 0.15) is 12.2 Å². The Kier molecular flexibility index (Phi) is 3.00. The van der Waals surface area contributed by atoms with Crippen LogP contribution in [0.1, 0.15) is 11.5 Å². The molecule has 0 fully saturated rings. The topological polar surface area (TPSA) is 69.4 Å². The van der Waals surface area contributed by atoms with Crippen LogP contribution in [-0.4, -0.2) is 20.2 Å². The van der Waals surface area contributed by atoms with Crippen LogP contribution < -0.4 is 5.32 Å². The van der Waals surface area contributed by atoms with Gasteiger partial charge in [-0.15, -0.1) is 0 Å². The average molecular weight is 262 g/mol. The van der Waals surface area contributed by atoms with E-state index in [1.807, 2.05) is 24.3 Å². The molecule has 92 valence electrons. The molecule has 0 saturated heterocycles. The highest BCUT2D eigenvalue weighted by Gasteiger charge is 2.08. The summed E-state index contributed by atoms with van der Waals surface area (Å²) in [5.74, 6) is 0.808. The van der Waals surface area contributed by atoms with Crippen molar-refractivity contribution in [3.63, 3.8) is 0 Å². The van der Waals surface area contributed by atoms with Crippen molar-refractivity contribution in [2.24, 2.45) is 0 Å². The number of fused-ring (bicyclic) bond motifs is 1. The number of aromatic nitrogens is 4. The van der Waals surface area contributed by atoms with E-state index in [9.17, 15) is 0 Å². The van der Waals surface area contributed by atoms with E-state index in [0.29, 0.717) is 13.1 Å². The number of nitrogens with zero attached hydrogens (tertiary/aromatic N) is 2. The van der Waals surface area contributed by atoms with Crippen LogP contribution in [0, 0.1) is 0 Å². The SMILES string of the molecule is Clc1c(CNCc2ncn[nH]2)[nH]c2ccccc12. The largest absolute Gasteiger partial charge is 0.356 e. The van der Waals surface area contributed by atoms with Gasteiger partial charge in [0.15, 0.2) is 0 Å². The summed E-state index contributed by atoms with van der Waals surface area (Å²) < 4.78 is 0. The lowest BCUT2D eigenvalue weighted by molar-refractivity contribution is 0.657. The van der Waals surface area contributed by atoms with Crippen LogP contribution in [0.25, 0.3) is 10.9 Å². The molecule has 1 aromatic carbocycles. The van der Waals surface area contributed by atoms with Gasteiger partial charge in [0.25, 0.3) is 0 Å². The zero-order valence-electron chi connectivity index (χ0n) is 9.57. The fourth-order valence-corrected chi connectivity index (χ4v) is 2.19. The Morgan fingerprint density at radius 1 is 1.22 bits per heavy atom. The number of benzene rings is 1.